The summed E-state index contributed by atoms with van der Waals surface area (Å²) >= 11 is 0. The molecule has 3 aromatic carbocycles. The van der Waals surface area contributed by atoms with Gasteiger partial charge in [-0.3, -0.25) is 4.79 Å². The quantitative estimate of drug-likeness (QED) is 0.386. The van der Waals surface area contributed by atoms with Crippen LogP contribution < -0.4 is 29.1 Å². The number of hydrogen-bond donors (Lipinski definition) is 0. The number of benzene rings is 3. The summed E-state index contributed by atoms with van der Waals surface area (Å²) in [5.74, 6) is 2.61. The van der Waals surface area contributed by atoms with Crippen molar-refractivity contribution < 1.29 is 28.1 Å². The van der Waals surface area contributed by atoms with Crippen molar-refractivity contribution in [1.29, 1.82) is 0 Å². The molecule has 0 spiro atoms. The van der Waals surface area contributed by atoms with E-state index in [0.29, 0.717) is 56.6 Å². The molecule has 7 heteroatoms. The first-order chi connectivity index (χ1) is 16.1. The maximum Gasteiger partial charge on any atom is 0.203 e. The van der Waals surface area contributed by atoms with Crippen molar-refractivity contribution in [2.45, 2.75) is 0 Å². The van der Waals surface area contributed by atoms with Crippen LogP contribution in [0.4, 0.5) is 0 Å². The van der Waals surface area contributed by atoms with Gasteiger partial charge in [-0.15, -0.1) is 0 Å². The molecule has 7 nitrogen and oxygen atoms in total. The van der Waals surface area contributed by atoms with E-state index >= 15 is 0 Å². The predicted octanol–water partition coefficient (Wildman–Crippen LogP) is 5.17. The summed E-state index contributed by atoms with van der Waals surface area (Å²) < 4.78 is 34.0. The largest absolute Gasteiger partial charge is 0.496 e. The van der Waals surface area contributed by atoms with Gasteiger partial charge >= 0.3 is 0 Å². The average molecular weight is 448 g/mol. The SMILES string of the molecule is COc1cc(-c2c(OC)cc(OC)c3c(=O)cc(-c4ccccc4)oc23)cc(OC)c1OC. The van der Waals surface area contributed by atoms with Crippen molar-refractivity contribution in [3.63, 3.8) is 0 Å². The van der Waals surface area contributed by atoms with Crippen molar-refractivity contribution >= 4 is 11.0 Å². The summed E-state index contributed by atoms with van der Waals surface area (Å²) in [6.07, 6.45) is 0. The second-order valence-electron chi connectivity index (χ2n) is 7.12. The van der Waals surface area contributed by atoms with Crippen LogP contribution in [-0.2, 0) is 0 Å². The lowest BCUT2D eigenvalue weighted by Crippen LogP contribution is -2.05. The minimum atomic E-state index is -0.233. The Hall–Kier alpha value is -4.13. The second kappa shape index (κ2) is 9.16. The highest BCUT2D eigenvalue weighted by molar-refractivity contribution is 6.00. The van der Waals surface area contributed by atoms with E-state index in [9.17, 15) is 4.79 Å². The topological polar surface area (TPSA) is 76.4 Å². The van der Waals surface area contributed by atoms with Gasteiger partial charge in [0.25, 0.3) is 0 Å². The Kier molecular flexibility index (Phi) is 6.13. The van der Waals surface area contributed by atoms with E-state index < -0.39 is 0 Å². The van der Waals surface area contributed by atoms with Gasteiger partial charge in [0.15, 0.2) is 22.5 Å². The maximum absolute atomic E-state index is 13.2. The molecule has 0 unspecified atom stereocenters. The standard InChI is InChI=1S/C26H24O7/c1-28-19-14-20(29-2)24-17(27)13-18(15-9-7-6-8-10-15)33-26(24)23(19)16-11-21(30-3)25(32-5)22(12-16)31-4/h6-14H,1-5H3. The zero-order chi connectivity index (χ0) is 23.5. The summed E-state index contributed by atoms with van der Waals surface area (Å²) in [5, 5.41) is 0.307. The number of hydrogen-bond acceptors (Lipinski definition) is 7. The first-order valence-corrected chi connectivity index (χ1v) is 10.1. The van der Waals surface area contributed by atoms with E-state index in [-0.39, 0.29) is 5.43 Å². The molecule has 4 aromatic rings. The zero-order valence-electron chi connectivity index (χ0n) is 19.1. The first-order valence-electron chi connectivity index (χ1n) is 10.1. The van der Waals surface area contributed by atoms with Gasteiger partial charge in [0.05, 0.1) is 41.1 Å². The van der Waals surface area contributed by atoms with Crippen molar-refractivity contribution in [2.75, 3.05) is 35.5 Å². The number of rotatable bonds is 7. The van der Waals surface area contributed by atoms with Crippen LogP contribution in [0.25, 0.3) is 33.4 Å². The molecule has 0 aliphatic rings. The van der Waals surface area contributed by atoms with E-state index in [1.807, 2.05) is 30.3 Å². The molecular formula is C26H24O7. The van der Waals surface area contributed by atoms with Crippen LogP contribution in [0.3, 0.4) is 0 Å². The van der Waals surface area contributed by atoms with E-state index in [2.05, 4.69) is 0 Å². The molecule has 0 aliphatic carbocycles. The zero-order valence-corrected chi connectivity index (χ0v) is 19.1. The molecular weight excluding hydrogens is 424 g/mol. The molecule has 33 heavy (non-hydrogen) atoms. The lowest BCUT2D eigenvalue weighted by atomic mass is 9.99. The van der Waals surface area contributed by atoms with Gasteiger partial charge in [0, 0.05) is 17.7 Å². The van der Waals surface area contributed by atoms with Crippen molar-refractivity contribution in [3.8, 4) is 51.2 Å². The number of ether oxygens (including phenoxy) is 5. The van der Waals surface area contributed by atoms with Crippen LogP contribution in [0.15, 0.2) is 63.8 Å². The number of methoxy groups -OCH3 is 5. The highest BCUT2D eigenvalue weighted by atomic mass is 16.5. The molecule has 0 amide bonds. The molecule has 0 bridgehead atoms. The molecule has 1 aromatic heterocycles. The third kappa shape index (κ3) is 3.82. The van der Waals surface area contributed by atoms with E-state index in [1.54, 1.807) is 25.3 Å². The summed E-state index contributed by atoms with van der Waals surface area (Å²) in [6, 6.07) is 16.1. The highest BCUT2D eigenvalue weighted by Crippen LogP contribution is 2.47. The van der Waals surface area contributed by atoms with Crippen LogP contribution in [0, 0.1) is 0 Å². The lowest BCUT2D eigenvalue weighted by Gasteiger charge is -2.18. The minimum Gasteiger partial charge on any atom is -0.496 e. The molecule has 0 atom stereocenters. The monoisotopic (exact) mass is 448 g/mol. The molecule has 0 fully saturated rings. The summed E-state index contributed by atoms with van der Waals surface area (Å²) in [7, 11) is 7.66. The Morgan fingerprint density at radius 2 is 1.24 bits per heavy atom. The fourth-order valence-corrected chi connectivity index (χ4v) is 3.84. The summed E-state index contributed by atoms with van der Waals surface area (Å²) in [4.78, 5) is 13.2. The van der Waals surface area contributed by atoms with Gasteiger partial charge in [-0.05, 0) is 17.7 Å². The van der Waals surface area contributed by atoms with E-state index in [0.717, 1.165) is 5.56 Å². The molecule has 0 N–H and O–H groups in total. The Morgan fingerprint density at radius 3 is 1.79 bits per heavy atom. The van der Waals surface area contributed by atoms with Crippen molar-refractivity contribution in [2.24, 2.45) is 0 Å². The van der Waals surface area contributed by atoms with Crippen LogP contribution in [0.1, 0.15) is 0 Å². The van der Waals surface area contributed by atoms with Gasteiger partial charge in [0.2, 0.25) is 5.75 Å². The molecule has 0 saturated heterocycles. The molecule has 0 saturated carbocycles. The molecule has 1 heterocycles. The van der Waals surface area contributed by atoms with Crippen LogP contribution in [0.2, 0.25) is 0 Å². The average Bonchev–Trinajstić information content (AvgIpc) is 2.86. The van der Waals surface area contributed by atoms with Gasteiger partial charge in [0.1, 0.15) is 22.6 Å². The van der Waals surface area contributed by atoms with Gasteiger partial charge in [-0.2, -0.15) is 0 Å². The fraction of sp³-hybridized carbons (Fsp3) is 0.192. The number of fused-ring (bicyclic) bond motifs is 1. The lowest BCUT2D eigenvalue weighted by molar-refractivity contribution is 0.324. The smallest absolute Gasteiger partial charge is 0.203 e. The summed E-state index contributed by atoms with van der Waals surface area (Å²) in [5.41, 5.74) is 2.08. The Balaban J connectivity index is 2.14. The Bertz CT molecular complexity index is 1330. The van der Waals surface area contributed by atoms with Gasteiger partial charge in [-0.25, -0.2) is 0 Å². The van der Waals surface area contributed by atoms with E-state index in [1.165, 1.54) is 34.5 Å². The highest BCUT2D eigenvalue weighted by Gasteiger charge is 2.24. The third-order valence-electron chi connectivity index (χ3n) is 5.38. The van der Waals surface area contributed by atoms with Gasteiger partial charge < -0.3 is 28.1 Å². The normalized spacial score (nSPS) is 10.7. The van der Waals surface area contributed by atoms with Crippen LogP contribution in [-0.4, -0.2) is 35.5 Å². The van der Waals surface area contributed by atoms with Crippen molar-refractivity contribution in [3.05, 3.63) is 64.8 Å². The molecule has 0 aliphatic heterocycles. The maximum atomic E-state index is 13.2. The van der Waals surface area contributed by atoms with Crippen LogP contribution in [0.5, 0.6) is 28.7 Å². The van der Waals surface area contributed by atoms with Gasteiger partial charge in [-0.1, -0.05) is 30.3 Å². The second-order valence-corrected chi connectivity index (χ2v) is 7.12. The fourth-order valence-electron chi connectivity index (χ4n) is 3.84. The first kappa shape index (κ1) is 22.1. The van der Waals surface area contributed by atoms with E-state index in [4.69, 9.17) is 28.1 Å². The van der Waals surface area contributed by atoms with Crippen LogP contribution >= 0.6 is 0 Å². The predicted molar refractivity (Wildman–Crippen MR) is 126 cm³/mol. The Morgan fingerprint density at radius 1 is 0.636 bits per heavy atom. The summed E-state index contributed by atoms with van der Waals surface area (Å²) in [6.45, 7) is 0. The molecule has 0 radical (unpaired) electrons. The Labute approximate surface area is 191 Å². The minimum absolute atomic E-state index is 0.233. The van der Waals surface area contributed by atoms with Crippen molar-refractivity contribution in [1.82, 2.24) is 0 Å². The third-order valence-corrected chi connectivity index (χ3v) is 5.38. The molecule has 170 valence electrons. The molecule has 4 rings (SSSR count).